The predicted molar refractivity (Wildman–Crippen MR) is 112 cm³/mol. The van der Waals surface area contributed by atoms with Gasteiger partial charge in [0.25, 0.3) is 0 Å². The van der Waals surface area contributed by atoms with Crippen LogP contribution in [-0.2, 0) is 14.9 Å². The van der Waals surface area contributed by atoms with E-state index in [9.17, 15) is 35.6 Å². The number of hydrogen-bond acceptors (Lipinski definition) is 6. The fourth-order valence-corrected chi connectivity index (χ4v) is 4.43. The molecule has 0 heterocycles. The molecule has 1 aliphatic rings. The molecule has 178 valence electrons. The monoisotopic (exact) mass is 602 g/mol. The Hall–Kier alpha value is -2.26. The van der Waals surface area contributed by atoms with Crippen molar-refractivity contribution in [1.82, 2.24) is 0 Å². The van der Waals surface area contributed by atoms with Crippen molar-refractivity contribution < 1.29 is 49.6 Å². The molecule has 0 amide bonds. The molecule has 0 aliphatic heterocycles. The second kappa shape index (κ2) is 9.93. The summed E-state index contributed by atoms with van der Waals surface area (Å²) in [6.45, 7) is 0. The van der Waals surface area contributed by atoms with E-state index in [0.29, 0.717) is 16.4 Å². The standard InChI is InChI=1S/C20H15F4IO7S/c21-13-15(23)18(33(28,29)30)16(24)14(22)17(13)32-20(27)11-7-6-10(25)8-12(11)31-19(26)9-4-2-1-3-5-9/h6-9H,1-5H2,(H,28,29,30). The third kappa shape index (κ3) is 5.46. The Labute approximate surface area is 199 Å². The summed E-state index contributed by atoms with van der Waals surface area (Å²) in [4.78, 5) is 22.7. The molecule has 33 heavy (non-hydrogen) atoms. The van der Waals surface area contributed by atoms with E-state index in [1.807, 2.05) is 22.6 Å². The van der Waals surface area contributed by atoms with Gasteiger partial charge in [-0.25, -0.2) is 13.6 Å². The maximum Gasteiger partial charge on any atom is 0.347 e. The molecule has 7 nitrogen and oxygen atoms in total. The van der Waals surface area contributed by atoms with Gasteiger partial charge >= 0.3 is 22.1 Å². The zero-order chi connectivity index (χ0) is 24.5. The summed E-state index contributed by atoms with van der Waals surface area (Å²) in [6.07, 6.45) is 3.83. The normalized spacial score (nSPS) is 14.7. The lowest BCUT2D eigenvalue weighted by molar-refractivity contribution is -0.140. The molecule has 1 N–H and O–H groups in total. The Balaban J connectivity index is 1.95. The van der Waals surface area contributed by atoms with Crippen molar-refractivity contribution in [2.75, 3.05) is 0 Å². The van der Waals surface area contributed by atoms with Crippen LogP contribution in [0, 0.1) is 32.8 Å². The molecular weight excluding hydrogens is 587 g/mol. The molecule has 1 fully saturated rings. The van der Waals surface area contributed by atoms with E-state index in [2.05, 4.69) is 4.74 Å². The van der Waals surface area contributed by atoms with Gasteiger partial charge in [-0.3, -0.25) is 9.35 Å². The molecule has 13 heteroatoms. The van der Waals surface area contributed by atoms with Gasteiger partial charge in [-0.15, -0.1) is 0 Å². The zero-order valence-corrected chi connectivity index (χ0v) is 19.5. The zero-order valence-electron chi connectivity index (χ0n) is 16.5. The molecule has 1 saturated carbocycles. The average Bonchev–Trinajstić information content (AvgIpc) is 2.75. The predicted octanol–water partition coefficient (Wildman–Crippen LogP) is 4.80. The fraction of sp³-hybridized carbons (Fsp3) is 0.300. The minimum absolute atomic E-state index is 0.293. The number of carbonyl (C=O) groups is 2. The summed E-state index contributed by atoms with van der Waals surface area (Å²) in [5, 5.41) is 0. The van der Waals surface area contributed by atoms with Crippen molar-refractivity contribution in [1.29, 1.82) is 0 Å². The van der Waals surface area contributed by atoms with Crippen LogP contribution < -0.4 is 9.47 Å². The molecule has 0 radical (unpaired) electrons. The van der Waals surface area contributed by atoms with Gasteiger partial charge in [-0.2, -0.15) is 17.2 Å². The number of halogens is 5. The van der Waals surface area contributed by atoms with E-state index in [1.165, 1.54) is 12.1 Å². The first-order valence-electron chi connectivity index (χ1n) is 9.48. The second-order valence-electron chi connectivity index (χ2n) is 7.18. The van der Waals surface area contributed by atoms with E-state index < -0.39 is 67.5 Å². The lowest BCUT2D eigenvalue weighted by atomic mass is 9.89. The van der Waals surface area contributed by atoms with Gasteiger partial charge in [-0.05, 0) is 53.6 Å². The fourth-order valence-electron chi connectivity index (χ4n) is 3.33. The summed E-state index contributed by atoms with van der Waals surface area (Å²) < 4.78 is 97.5. The van der Waals surface area contributed by atoms with E-state index in [4.69, 9.17) is 9.29 Å². The van der Waals surface area contributed by atoms with E-state index in [-0.39, 0.29) is 5.75 Å². The number of carbonyl (C=O) groups excluding carboxylic acids is 2. The topological polar surface area (TPSA) is 107 Å². The molecule has 2 aromatic carbocycles. The van der Waals surface area contributed by atoms with Crippen molar-refractivity contribution >= 4 is 44.6 Å². The molecule has 2 aromatic rings. The molecule has 0 spiro atoms. The van der Waals surface area contributed by atoms with Gasteiger partial charge in [0.1, 0.15) is 11.3 Å². The molecule has 3 rings (SSSR count). The first kappa shape index (κ1) is 25.4. The smallest absolute Gasteiger partial charge is 0.347 e. The summed E-state index contributed by atoms with van der Waals surface area (Å²) >= 11 is 1.86. The lowest BCUT2D eigenvalue weighted by Crippen LogP contribution is -2.24. The third-order valence-corrected chi connectivity index (χ3v) is 6.49. The molecule has 1 aliphatic carbocycles. The second-order valence-corrected chi connectivity index (χ2v) is 9.78. The third-order valence-electron chi connectivity index (χ3n) is 4.95. The number of hydrogen-bond donors (Lipinski definition) is 1. The van der Waals surface area contributed by atoms with Crippen molar-refractivity contribution in [3.63, 3.8) is 0 Å². The van der Waals surface area contributed by atoms with Crippen LogP contribution in [0.1, 0.15) is 42.5 Å². The number of esters is 2. The van der Waals surface area contributed by atoms with Gasteiger partial charge in [0, 0.05) is 3.57 Å². The lowest BCUT2D eigenvalue weighted by Gasteiger charge is -2.20. The summed E-state index contributed by atoms with van der Waals surface area (Å²) in [6, 6.07) is 3.78. The van der Waals surface area contributed by atoms with Crippen LogP contribution in [0.3, 0.4) is 0 Å². The SMILES string of the molecule is O=C(Oc1c(F)c(F)c(S(=O)(=O)O)c(F)c1F)c1ccc(I)cc1OC(=O)C1CCCCC1. The van der Waals surface area contributed by atoms with Crippen molar-refractivity contribution in [3.05, 3.63) is 50.6 Å². The van der Waals surface area contributed by atoms with Crippen LogP contribution in [0.4, 0.5) is 17.6 Å². The van der Waals surface area contributed by atoms with Crippen molar-refractivity contribution in [2.45, 2.75) is 37.0 Å². The molecule has 0 saturated heterocycles. The van der Waals surface area contributed by atoms with Crippen LogP contribution in [0.5, 0.6) is 11.5 Å². The highest BCUT2D eigenvalue weighted by molar-refractivity contribution is 14.1. The maximum atomic E-state index is 14.2. The highest BCUT2D eigenvalue weighted by atomic mass is 127. The first-order chi connectivity index (χ1) is 15.4. The summed E-state index contributed by atoms with van der Waals surface area (Å²) in [5.41, 5.74) is -0.474. The van der Waals surface area contributed by atoms with Crippen LogP contribution in [0.15, 0.2) is 23.1 Å². The first-order valence-corrected chi connectivity index (χ1v) is 12.0. The average molecular weight is 602 g/mol. The largest absolute Gasteiger partial charge is 0.425 e. The van der Waals surface area contributed by atoms with E-state index >= 15 is 0 Å². The van der Waals surface area contributed by atoms with Gasteiger partial charge in [-0.1, -0.05) is 19.3 Å². The number of benzene rings is 2. The Morgan fingerprint density at radius 3 is 2.06 bits per heavy atom. The van der Waals surface area contributed by atoms with Crippen LogP contribution >= 0.6 is 22.6 Å². The van der Waals surface area contributed by atoms with Crippen LogP contribution in [0.25, 0.3) is 0 Å². The minimum Gasteiger partial charge on any atom is -0.425 e. The maximum absolute atomic E-state index is 14.2. The molecule has 0 aromatic heterocycles. The Kier molecular flexibility index (Phi) is 7.63. The van der Waals surface area contributed by atoms with Gasteiger partial charge < -0.3 is 9.47 Å². The number of rotatable bonds is 5. The number of ether oxygens (including phenoxy) is 2. The van der Waals surface area contributed by atoms with Gasteiger partial charge in [0.2, 0.25) is 17.4 Å². The van der Waals surface area contributed by atoms with Crippen LogP contribution in [-0.4, -0.2) is 24.9 Å². The molecular formula is C20H15F4IO7S. The summed E-state index contributed by atoms with van der Waals surface area (Å²) in [5.74, 6) is -14.4. The quantitative estimate of drug-likeness (QED) is 0.131. The highest BCUT2D eigenvalue weighted by Gasteiger charge is 2.35. The Morgan fingerprint density at radius 2 is 1.52 bits per heavy atom. The van der Waals surface area contributed by atoms with Crippen molar-refractivity contribution in [2.24, 2.45) is 5.92 Å². The van der Waals surface area contributed by atoms with Gasteiger partial charge in [0.05, 0.1) is 5.92 Å². The molecule has 0 bridgehead atoms. The van der Waals surface area contributed by atoms with Crippen molar-refractivity contribution in [3.8, 4) is 11.5 Å². The van der Waals surface area contributed by atoms with Gasteiger partial charge in [0.15, 0.2) is 16.5 Å². The summed E-state index contributed by atoms with van der Waals surface area (Å²) in [7, 11) is -5.67. The molecule has 0 unspecified atom stereocenters. The highest BCUT2D eigenvalue weighted by Crippen LogP contribution is 2.34. The van der Waals surface area contributed by atoms with E-state index in [1.54, 1.807) is 0 Å². The molecule has 0 atom stereocenters. The Bertz CT molecular complexity index is 1200. The van der Waals surface area contributed by atoms with E-state index in [0.717, 1.165) is 25.3 Å². The van der Waals surface area contributed by atoms with Crippen LogP contribution in [0.2, 0.25) is 0 Å². The Morgan fingerprint density at radius 1 is 0.939 bits per heavy atom. The minimum atomic E-state index is -5.67.